The van der Waals surface area contributed by atoms with Crippen molar-refractivity contribution in [2.24, 2.45) is 0 Å². The van der Waals surface area contributed by atoms with Gasteiger partial charge in [0.15, 0.2) is 0 Å². The lowest BCUT2D eigenvalue weighted by Gasteiger charge is -2.19. The molecule has 0 aliphatic carbocycles. The highest BCUT2D eigenvalue weighted by Crippen LogP contribution is 2.25. The summed E-state index contributed by atoms with van der Waals surface area (Å²) < 4.78 is 5.61. The van der Waals surface area contributed by atoms with Crippen LogP contribution in [-0.4, -0.2) is 26.2 Å². The topological polar surface area (TPSA) is 33.3 Å². The van der Waals surface area contributed by atoms with Crippen LogP contribution in [0, 0.1) is 0 Å². The molecule has 1 aromatic rings. The summed E-state index contributed by atoms with van der Waals surface area (Å²) in [5.41, 5.74) is 2.70. The van der Waals surface area contributed by atoms with E-state index in [1.165, 1.54) is 11.1 Å². The van der Waals surface area contributed by atoms with Gasteiger partial charge in [-0.2, -0.15) is 0 Å². The molecule has 2 N–H and O–H groups in total. The maximum Gasteiger partial charge on any atom is 0.122 e. The minimum absolute atomic E-state index is 0.493. The van der Waals surface area contributed by atoms with E-state index < -0.39 is 0 Å². The van der Waals surface area contributed by atoms with Gasteiger partial charge in [0.1, 0.15) is 5.75 Å². The van der Waals surface area contributed by atoms with E-state index in [4.69, 9.17) is 4.74 Å². The molecule has 0 fully saturated rings. The molecule has 0 radical (unpaired) electrons. The number of ether oxygens (including phenoxy) is 1. The van der Waals surface area contributed by atoms with Crippen molar-refractivity contribution in [3.05, 3.63) is 29.3 Å². The normalized spacial score (nSPS) is 16.1. The second-order valence-electron chi connectivity index (χ2n) is 4.73. The summed E-state index contributed by atoms with van der Waals surface area (Å²) >= 11 is 0. The smallest absolute Gasteiger partial charge is 0.122 e. The average molecular weight is 234 g/mol. The summed E-state index contributed by atoms with van der Waals surface area (Å²) in [6, 6.07) is 7.03. The Kier molecular flexibility index (Phi) is 4.40. The number of rotatable bonds is 5. The molecule has 0 spiro atoms. The molecule has 0 saturated carbocycles. The SMILES string of the molecule is CNCC(C)NCc1ccc2c(c1)CCCO2. The molecular weight excluding hydrogens is 212 g/mol. The Balaban J connectivity index is 1.93. The van der Waals surface area contributed by atoms with Gasteiger partial charge in [-0.3, -0.25) is 0 Å². The van der Waals surface area contributed by atoms with Gasteiger partial charge in [-0.05, 0) is 44.0 Å². The quantitative estimate of drug-likeness (QED) is 0.813. The molecule has 3 nitrogen and oxygen atoms in total. The predicted octanol–water partition coefficient (Wildman–Crippen LogP) is 1.71. The van der Waals surface area contributed by atoms with Gasteiger partial charge in [-0.1, -0.05) is 12.1 Å². The first kappa shape index (κ1) is 12.4. The Morgan fingerprint density at radius 3 is 3.12 bits per heavy atom. The first-order chi connectivity index (χ1) is 8.29. The van der Waals surface area contributed by atoms with Crippen LogP contribution in [0.15, 0.2) is 18.2 Å². The maximum atomic E-state index is 5.61. The second kappa shape index (κ2) is 6.03. The summed E-state index contributed by atoms with van der Waals surface area (Å²) in [5, 5.41) is 6.67. The van der Waals surface area contributed by atoms with Crippen molar-refractivity contribution < 1.29 is 4.74 Å². The summed E-state index contributed by atoms with van der Waals surface area (Å²) in [5.74, 6) is 1.07. The highest BCUT2D eigenvalue weighted by atomic mass is 16.5. The van der Waals surface area contributed by atoms with E-state index in [-0.39, 0.29) is 0 Å². The molecular formula is C14H22N2O. The highest BCUT2D eigenvalue weighted by Gasteiger charge is 2.10. The van der Waals surface area contributed by atoms with Crippen LogP contribution in [-0.2, 0) is 13.0 Å². The van der Waals surface area contributed by atoms with Crippen LogP contribution in [0.25, 0.3) is 0 Å². The van der Waals surface area contributed by atoms with Gasteiger partial charge >= 0.3 is 0 Å². The van der Waals surface area contributed by atoms with E-state index in [2.05, 4.69) is 35.8 Å². The fourth-order valence-electron chi connectivity index (χ4n) is 2.19. The molecule has 1 heterocycles. The zero-order valence-electron chi connectivity index (χ0n) is 10.8. The molecule has 3 heteroatoms. The molecule has 2 rings (SSSR count). The highest BCUT2D eigenvalue weighted by molar-refractivity contribution is 5.38. The zero-order valence-corrected chi connectivity index (χ0v) is 10.8. The Hall–Kier alpha value is -1.06. The number of nitrogens with one attached hydrogen (secondary N) is 2. The summed E-state index contributed by atoms with van der Waals surface area (Å²) in [4.78, 5) is 0. The molecule has 17 heavy (non-hydrogen) atoms. The Bertz CT molecular complexity index is 365. The van der Waals surface area contributed by atoms with Crippen LogP contribution in [0.2, 0.25) is 0 Å². The van der Waals surface area contributed by atoms with Crippen LogP contribution >= 0.6 is 0 Å². The lowest BCUT2D eigenvalue weighted by atomic mass is 10.0. The van der Waals surface area contributed by atoms with Crippen LogP contribution in [0.4, 0.5) is 0 Å². The fourth-order valence-corrected chi connectivity index (χ4v) is 2.19. The Morgan fingerprint density at radius 2 is 2.29 bits per heavy atom. The number of hydrogen-bond acceptors (Lipinski definition) is 3. The van der Waals surface area contributed by atoms with E-state index in [1.54, 1.807) is 0 Å². The Morgan fingerprint density at radius 1 is 1.41 bits per heavy atom. The predicted molar refractivity (Wildman–Crippen MR) is 70.5 cm³/mol. The van der Waals surface area contributed by atoms with Crippen molar-refractivity contribution in [3.8, 4) is 5.75 Å². The molecule has 1 unspecified atom stereocenters. The number of benzene rings is 1. The largest absolute Gasteiger partial charge is 0.493 e. The third-order valence-electron chi connectivity index (χ3n) is 3.14. The molecule has 0 bridgehead atoms. The van der Waals surface area contributed by atoms with Crippen molar-refractivity contribution in [2.75, 3.05) is 20.2 Å². The molecule has 94 valence electrons. The van der Waals surface area contributed by atoms with Gasteiger partial charge in [0, 0.05) is 19.1 Å². The third-order valence-corrected chi connectivity index (χ3v) is 3.14. The lowest BCUT2D eigenvalue weighted by molar-refractivity contribution is 0.288. The zero-order chi connectivity index (χ0) is 12.1. The maximum absolute atomic E-state index is 5.61. The summed E-state index contributed by atoms with van der Waals surface area (Å²) in [6.45, 7) is 4.98. The van der Waals surface area contributed by atoms with Crippen molar-refractivity contribution in [2.45, 2.75) is 32.4 Å². The second-order valence-corrected chi connectivity index (χ2v) is 4.73. The van der Waals surface area contributed by atoms with Crippen LogP contribution in [0.5, 0.6) is 5.75 Å². The van der Waals surface area contributed by atoms with E-state index >= 15 is 0 Å². The van der Waals surface area contributed by atoms with Crippen molar-refractivity contribution in [1.82, 2.24) is 10.6 Å². The summed E-state index contributed by atoms with van der Waals surface area (Å²) in [7, 11) is 1.98. The first-order valence-corrected chi connectivity index (χ1v) is 6.42. The van der Waals surface area contributed by atoms with Gasteiger partial charge in [0.05, 0.1) is 6.61 Å². The lowest BCUT2D eigenvalue weighted by Crippen LogP contribution is -2.34. The van der Waals surface area contributed by atoms with E-state index in [9.17, 15) is 0 Å². The molecule has 1 atom stereocenters. The minimum atomic E-state index is 0.493. The molecule has 0 saturated heterocycles. The number of aryl methyl sites for hydroxylation is 1. The van der Waals surface area contributed by atoms with Gasteiger partial charge in [-0.15, -0.1) is 0 Å². The molecule has 1 aromatic carbocycles. The van der Waals surface area contributed by atoms with Crippen molar-refractivity contribution in [3.63, 3.8) is 0 Å². The number of hydrogen-bond donors (Lipinski definition) is 2. The standard InChI is InChI=1S/C14H22N2O/c1-11(9-15-2)16-10-12-5-6-14-13(8-12)4-3-7-17-14/h5-6,8,11,15-16H,3-4,7,9-10H2,1-2H3. The van der Waals surface area contributed by atoms with E-state index in [0.29, 0.717) is 6.04 Å². The molecule has 1 aliphatic rings. The molecule has 0 amide bonds. The van der Waals surface area contributed by atoms with Gasteiger partial charge in [0.2, 0.25) is 0 Å². The fraction of sp³-hybridized carbons (Fsp3) is 0.571. The monoisotopic (exact) mass is 234 g/mol. The van der Waals surface area contributed by atoms with Crippen LogP contribution < -0.4 is 15.4 Å². The summed E-state index contributed by atoms with van der Waals surface area (Å²) in [6.07, 6.45) is 2.29. The number of fused-ring (bicyclic) bond motifs is 1. The minimum Gasteiger partial charge on any atom is -0.493 e. The first-order valence-electron chi connectivity index (χ1n) is 6.42. The van der Waals surface area contributed by atoms with E-state index in [0.717, 1.165) is 38.3 Å². The van der Waals surface area contributed by atoms with Gasteiger partial charge < -0.3 is 15.4 Å². The number of likely N-dealkylation sites (N-methyl/N-ethyl adjacent to an activating group) is 1. The average Bonchev–Trinajstić information content (AvgIpc) is 2.36. The van der Waals surface area contributed by atoms with Gasteiger partial charge in [0.25, 0.3) is 0 Å². The third kappa shape index (κ3) is 3.45. The van der Waals surface area contributed by atoms with Crippen molar-refractivity contribution >= 4 is 0 Å². The van der Waals surface area contributed by atoms with Crippen molar-refractivity contribution in [1.29, 1.82) is 0 Å². The molecule has 0 aromatic heterocycles. The van der Waals surface area contributed by atoms with Gasteiger partial charge in [-0.25, -0.2) is 0 Å². The van der Waals surface area contributed by atoms with E-state index in [1.807, 2.05) is 7.05 Å². The molecule has 1 aliphatic heterocycles. The van der Waals surface area contributed by atoms with Crippen LogP contribution in [0.1, 0.15) is 24.5 Å². The Labute approximate surface area is 104 Å². The van der Waals surface area contributed by atoms with Crippen LogP contribution in [0.3, 0.4) is 0 Å².